The van der Waals surface area contributed by atoms with Crippen LogP contribution in [0.25, 0.3) is 0 Å². The van der Waals surface area contributed by atoms with E-state index in [0.29, 0.717) is 12.1 Å². The van der Waals surface area contributed by atoms with Gasteiger partial charge in [-0.2, -0.15) is 13.2 Å². The summed E-state index contributed by atoms with van der Waals surface area (Å²) in [6.45, 7) is 0.387. The van der Waals surface area contributed by atoms with Crippen molar-refractivity contribution >= 4 is 0 Å². The first kappa shape index (κ1) is 16.3. The Labute approximate surface area is 126 Å². The Hall–Kier alpha value is -2.05. The number of para-hydroxylation sites is 1. The number of aliphatic hydroxyl groups excluding tert-OH is 1. The molecule has 0 aliphatic rings. The number of halogens is 3. The van der Waals surface area contributed by atoms with E-state index in [-0.39, 0.29) is 17.9 Å². The maximum absolute atomic E-state index is 12.6. The van der Waals surface area contributed by atoms with Crippen molar-refractivity contribution in [3.63, 3.8) is 0 Å². The number of aliphatic hydroxyl groups is 1. The van der Waals surface area contributed by atoms with Gasteiger partial charge in [0.1, 0.15) is 5.75 Å². The highest BCUT2D eigenvalue weighted by atomic mass is 19.4. The van der Waals surface area contributed by atoms with Gasteiger partial charge in [0.2, 0.25) is 0 Å². The van der Waals surface area contributed by atoms with Gasteiger partial charge in [-0.3, -0.25) is 0 Å². The maximum atomic E-state index is 12.6. The number of alkyl halides is 3. The summed E-state index contributed by atoms with van der Waals surface area (Å²) in [6, 6.07) is 11.3. The molecule has 2 aromatic carbocycles. The number of hydrogen-bond acceptors (Lipinski definition) is 3. The standard InChI is InChI=1S/C16H16F3NO2/c17-16(18,19)13-6-3-5-11(8-13)15(22)10-20-9-12-4-1-2-7-14(12)21/h1-8,15,20-22H,9-10H2/t15-/m0/s1. The van der Waals surface area contributed by atoms with Crippen molar-refractivity contribution < 1.29 is 23.4 Å². The van der Waals surface area contributed by atoms with Crippen molar-refractivity contribution in [3.05, 3.63) is 65.2 Å². The lowest BCUT2D eigenvalue weighted by Gasteiger charge is -2.15. The molecule has 0 unspecified atom stereocenters. The molecule has 0 aliphatic heterocycles. The zero-order valence-electron chi connectivity index (χ0n) is 11.6. The molecule has 0 bridgehead atoms. The molecule has 0 amide bonds. The molecule has 2 rings (SSSR count). The van der Waals surface area contributed by atoms with Gasteiger partial charge in [-0.25, -0.2) is 0 Å². The minimum absolute atomic E-state index is 0.0790. The van der Waals surface area contributed by atoms with Crippen LogP contribution in [-0.4, -0.2) is 16.8 Å². The molecule has 6 heteroatoms. The molecule has 0 saturated carbocycles. The summed E-state index contributed by atoms with van der Waals surface area (Å²) in [5, 5.41) is 22.5. The van der Waals surface area contributed by atoms with Crippen LogP contribution < -0.4 is 5.32 Å². The van der Waals surface area contributed by atoms with Crippen molar-refractivity contribution in [1.29, 1.82) is 0 Å². The maximum Gasteiger partial charge on any atom is 0.416 e. The van der Waals surface area contributed by atoms with Gasteiger partial charge in [0, 0.05) is 18.7 Å². The van der Waals surface area contributed by atoms with Gasteiger partial charge in [0.15, 0.2) is 0 Å². The SMILES string of the molecule is Oc1ccccc1CNC[C@H](O)c1cccc(C(F)(F)F)c1. The molecule has 0 heterocycles. The second-order valence-corrected chi connectivity index (χ2v) is 4.90. The molecule has 0 spiro atoms. The first-order chi connectivity index (χ1) is 10.4. The molecular weight excluding hydrogens is 295 g/mol. The third kappa shape index (κ3) is 4.22. The molecule has 2 aromatic rings. The lowest BCUT2D eigenvalue weighted by atomic mass is 10.1. The van der Waals surface area contributed by atoms with Crippen LogP contribution in [0.15, 0.2) is 48.5 Å². The van der Waals surface area contributed by atoms with Crippen molar-refractivity contribution in [2.75, 3.05) is 6.54 Å². The number of phenolic OH excluding ortho intramolecular Hbond substituents is 1. The number of nitrogens with one attached hydrogen (secondary N) is 1. The summed E-state index contributed by atoms with van der Waals surface area (Å²) >= 11 is 0. The molecule has 0 fully saturated rings. The molecule has 0 radical (unpaired) electrons. The minimum Gasteiger partial charge on any atom is -0.508 e. The summed E-state index contributed by atoms with van der Waals surface area (Å²) in [5.74, 6) is 0.128. The Morgan fingerprint density at radius 3 is 2.45 bits per heavy atom. The summed E-state index contributed by atoms with van der Waals surface area (Å²) in [5.41, 5.74) is 0.0584. The van der Waals surface area contributed by atoms with E-state index in [1.807, 2.05) is 0 Å². The Morgan fingerprint density at radius 2 is 1.77 bits per heavy atom. The van der Waals surface area contributed by atoms with Crippen LogP contribution in [0.5, 0.6) is 5.75 Å². The Kier molecular flexibility index (Phi) is 5.05. The fourth-order valence-electron chi connectivity index (χ4n) is 2.04. The molecule has 22 heavy (non-hydrogen) atoms. The lowest BCUT2D eigenvalue weighted by Crippen LogP contribution is -2.21. The Balaban J connectivity index is 1.95. The Morgan fingerprint density at radius 1 is 1.05 bits per heavy atom. The van der Waals surface area contributed by atoms with Gasteiger partial charge in [-0.05, 0) is 23.8 Å². The van der Waals surface area contributed by atoms with Crippen LogP contribution in [0.2, 0.25) is 0 Å². The zero-order valence-corrected chi connectivity index (χ0v) is 11.6. The number of benzene rings is 2. The molecule has 0 aromatic heterocycles. The van der Waals surface area contributed by atoms with E-state index in [2.05, 4.69) is 5.32 Å². The lowest BCUT2D eigenvalue weighted by molar-refractivity contribution is -0.137. The number of rotatable bonds is 5. The molecule has 0 saturated heterocycles. The van der Waals surface area contributed by atoms with Crippen molar-refractivity contribution in [2.45, 2.75) is 18.8 Å². The minimum atomic E-state index is -4.43. The van der Waals surface area contributed by atoms with Gasteiger partial charge < -0.3 is 15.5 Å². The average Bonchev–Trinajstić information content (AvgIpc) is 2.48. The monoisotopic (exact) mass is 311 g/mol. The van der Waals surface area contributed by atoms with Gasteiger partial charge in [-0.1, -0.05) is 30.3 Å². The first-order valence-electron chi connectivity index (χ1n) is 6.71. The highest BCUT2D eigenvalue weighted by Gasteiger charge is 2.30. The summed E-state index contributed by atoms with van der Waals surface area (Å²) < 4.78 is 37.9. The number of aromatic hydroxyl groups is 1. The van der Waals surface area contributed by atoms with E-state index in [1.165, 1.54) is 12.1 Å². The second-order valence-electron chi connectivity index (χ2n) is 4.90. The van der Waals surface area contributed by atoms with Gasteiger partial charge in [-0.15, -0.1) is 0 Å². The normalized spacial score (nSPS) is 13.1. The molecular formula is C16H16F3NO2. The topological polar surface area (TPSA) is 52.5 Å². The third-order valence-electron chi connectivity index (χ3n) is 3.24. The van der Waals surface area contributed by atoms with Crippen LogP contribution >= 0.6 is 0 Å². The molecule has 1 atom stereocenters. The summed E-state index contributed by atoms with van der Waals surface area (Å²) in [7, 11) is 0. The molecule has 0 aliphatic carbocycles. The number of hydrogen-bond donors (Lipinski definition) is 3. The van der Waals surface area contributed by atoms with E-state index in [4.69, 9.17) is 0 Å². The average molecular weight is 311 g/mol. The van der Waals surface area contributed by atoms with E-state index < -0.39 is 17.8 Å². The van der Waals surface area contributed by atoms with Crippen molar-refractivity contribution in [1.82, 2.24) is 5.32 Å². The highest BCUT2D eigenvalue weighted by molar-refractivity contribution is 5.31. The quantitative estimate of drug-likeness (QED) is 0.794. The zero-order chi connectivity index (χ0) is 16.2. The second kappa shape index (κ2) is 6.81. The third-order valence-corrected chi connectivity index (χ3v) is 3.24. The van der Waals surface area contributed by atoms with Gasteiger partial charge in [0.05, 0.1) is 11.7 Å². The molecule has 3 N–H and O–H groups in total. The predicted molar refractivity (Wildman–Crippen MR) is 76.2 cm³/mol. The van der Waals surface area contributed by atoms with Gasteiger partial charge >= 0.3 is 6.18 Å². The summed E-state index contributed by atoms with van der Waals surface area (Å²) in [6.07, 6.45) is -5.49. The fourth-order valence-corrected chi connectivity index (χ4v) is 2.04. The smallest absolute Gasteiger partial charge is 0.416 e. The Bertz CT molecular complexity index is 629. The largest absolute Gasteiger partial charge is 0.508 e. The molecule has 3 nitrogen and oxygen atoms in total. The van der Waals surface area contributed by atoms with E-state index in [9.17, 15) is 23.4 Å². The van der Waals surface area contributed by atoms with Crippen LogP contribution in [0.4, 0.5) is 13.2 Å². The molecule has 118 valence electrons. The van der Waals surface area contributed by atoms with Crippen molar-refractivity contribution in [2.24, 2.45) is 0 Å². The highest BCUT2D eigenvalue weighted by Crippen LogP contribution is 2.30. The van der Waals surface area contributed by atoms with Crippen LogP contribution in [0.1, 0.15) is 22.8 Å². The fraction of sp³-hybridized carbons (Fsp3) is 0.250. The van der Waals surface area contributed by atoms with Crippen LogP contribution in [0.3, 0.4) is 0 Å². The van der Waals surface area contributed by atoms with E-state index >= 15 is 0 Å². The van der Waals surface area contributed by atoms with E-state index in [1.54, 1.807) is 24.3 Å². The van der Waals surface area contributed by atoms with E-state index in [0.717, 1.165) is 12.1 Å². The van der Waals surface area contributed by atoms with Crippen LogP contribution in [0, 0.1) is 0 Å². The number of phenols is 1. The van der Waals surface area contributed by atoms with Gasteiger partial charge in [0.25, 0.3) is 0 Å². The summed E-state index contributed by atoms with van der Waals surface area (Å²) in [4.78, 5) is 0. The van der Waals surface area contributed by atoms with Crippen molar-refractivity contribution in [3.8, 4) is 5.75 Å². The predicted octanol–water partition coefficient (Wildman–Crippen LogP) is 3.23. The first-order valence-corrected chi connectivity index (χ1v) is 6.71. The van der Waals surface area contributed by atoms with Crippen LogP contribution in [-0.2, 0) is 12.7 Å².